The van der Waals surface area contributed by atoms with Crippen molar-refractivity contribution in [1.82, 2.24) is 9.62 Å². The largest absolute Gasteiger partial charge is 0.341 e. The molecule has 21 heavy (non-hydrogen) atoms. The molecular weight excluding hydrogens is 314 g/mol. The fraction of sp³-hybridized carbons (Fsp3) is 0.923. The van der Waals surface area contributed by atoms with Crippen molar-refractivity contribution in [2.24, 2.45) is 11.7 Å². The zero-order valence-electron chi connectivity index (χ0n) is 12.3. The van der Waals surface area contributed by atoms with Gasteiger partial charge in [0.05, 0.1) is 5.25 Å². The van der Waals surface area contributed by atoms with E-state index in [9.17, 15) is 13.2 Å². The van der Waals surface area contributed by atoms with Gasteiger partial charge in [0.2, 0.25) is 15.9 Å². The minimum atomic E-state index is -3.36. The van der Waals surface area contributed by atoms with E-state index in [2.05, 4.69) is 4.72 Å². The lowest BCUT2D eigenvalue weighted by Gasteiger charge is -2.34. The number of halogens is 1. The number of nitrogens with one attached hydrogen (secondary N) is 1. The summed E-state index contributed by atoms with van der Waals surface area (Å²) in [5.41, 5.74) is 5.33. The van der Waals surface area contributed by atoms with Crippen LogP contribution in [0.4, 0.5) is 0 Å². The van der Waals surface area contributed by atoms with Crippen LogP contribution in [0.3, 0.4) is 0 Å². The van der Waals surface area contributed by atoms with E-state index in [0.29, 0.717) is 19.5 Å². The van der Waals surface area contributed by atoms with E-state index in [0.717, 1.165) is 32.1 Å². The maximum absolute atomic E-state index is 12.4. The number of nitrogens with zero attached hydrogens (tertiary/aromatic N) is 1. The Morgan fingerprint density at radius 1 is 1.19 bits per heavy atom. The Bertz CT molecular complexity index is 438. The Kier molecular flexibility index (Phi) is 7.39. The van der Waals surface area contributed by atoms with Gasteiger partial charge in [0.15, 0.2) is 0 Å². The van der Waals surface area contributed by atoms with Gasteiger partial charge in [-0.2, -0.15) is 0 Å². The van der Waals surface area contributed by atoms with Crippen LogP contribution in [0, 0.1) is 5.92 Å². The highest BCUT2D eigenvalue weighted by molar-refractivity contribution is 7.90. The van der Waals surface area contributed by atoms with Crippen molar-refractivity contribution in [3.8, 4) is 0 Å². The van der Waals surface area contributed by atoms with E-state index < -0.39 is 15.3 Å². The molecule has 0 aromatic rings. The SMILES string of the molecule is Cl.NCCNS(=O)(=O)C1CCCN(C(=O)C2CCCC2)C1. The summed E-state index contributed by atoms with van der Waals surface area (Å²) in [5.74, 6) is 0.273. The van der Waals surface area contributed by atoms with Gasteiger partial charge in [-0.15, -0.1) is 12.4 Å². The number of nitrogens with two attached hydrogens (primary N) is 1. The van der Waals surface area contributed by atoms with Crippen molar-refractivity contribution in [3.63, 3.8) is 0 Å². The second kappa shape index (κ2) is 8.31. The van der Waals surface area contributed by atoms with E-state index >= 15 is 0 Å². The van der Waals surface area contributed by atoms with Gasteiger partial charge in [-0.1, -0.05) is 12.8 Å². The molecule has 3 N–H and O–H groups in total. The summed E-state index contributed by atoms with van der Waals surface area (Å²) < 4.78 is 26.8. The molecule has 2 aliphatic rings. The smallest absolute Gasteiger partial charge is 0.225 e. The first-order valence-electron chi connectivity index (χ1n) is 7.52. The van der Waals surface area contributed by atoms with Crippen LogP contribution in [0.5, 0.6) is 0 Å². The minimum Gasteiger partial charge on any atom is -0.341 e. The van der Waals surface area contributed by atoms with Crippen LogP contribution < -0.4 is 10.5 Å². The fourth-order valence-corrected chi connectivity index (χ4v) is 4.63. The van der Waals surface area contributed by atoms with Crippen molar-refractivity contribution < 1.29 is 13.2 Å². The highest BCUT2D eigenvalue weighted by atomic mass is 35.5. The first kappa shape index (κ1) is 18.7. The first-order chi connectivity index (χ1) is 9.54. The van der Waals surface area contributed by atoms with E-state index in [1.807, 2.05) is 0 Å². The van der Waals surface area contributed by atoms with E-state index in [1.165, 1.54) is 0 Å². The molecule has 1 saturated carbocycles. The standard InChI is InChI=1S/C13H25N3O3S.ClH/c14-7-8-15-20(18,19)12-6-3-9-16(10-12)13(17)11-4-1-2-5-11;/h11-12,15H,1-10,14H2;1H. The normalized spacial score (nSPS) is 23.9. The van der Waals surface area contributed by atoms with Gasteiger partial charge in [-0.3, -0.25) is 4.79 Å². The number of carbonyl (C=O) groups excluding carboxylic acids is 1. The Morgan fingerprint density at radius 2 is 1.86 bits per heavy atom. The summed E-state index contributed by atoms with van der Waals surface area (Å²) in [6, 6.07) is 0. The quantitative estimate of drug-likeness (QED) is 0.761. The van der Waals surface area contributed by atoms with E-state index in [1.54, 1.807) is 4.90 Å². The predicted octanol–water partition coefficient (Wildman–Crippen LogP) is 0.468. The molecule has 0 spiro atoms. The Balaban J connectivity index is 0.00000220. The maximum Gasteiger partial charge on any atom is 0.225 e. The fourth-order valence-electron chi connectivity index (χ4n) is 3.14. The van der Waals surface area contributed by atoms with Crippen LogP contribution in [-0.4, -0.2) is 50.7 Å². The average molecular weight is 340 g/mol. The second-order valence-electron chi connectivity index (χ2n) is 5.76. The molecule has 1 heterocycles. The zero-order valence-corrected chi connectivity index (χ0v) is 13.9. The molecule has 0 aromatic carbocycles. The van der Waals surface area contributed by atoms with Gasteiger partial charge in [-0.05, 0) is 25.7 Å². The molecule has 6 nitrogen and oxygen atoms in total. The van der Waals surface area contributed by atoms with Gasteiger partial charge in [-0.25, -0.2) is 13.1 Å². The summed E-state index contributed by atoms with van der Waals surface area (Å²) in [6.45, 7) is 1.57. The van der Waals surface area contributed by atoms with Crippen molar-refractivity contribution in [3.05, 3.63) is 0 Å². The number of likely N-dealkylation sites (tertiary alicyclic amines) is 1. The van der Waals surface area contributed by atoms with Gasteiger partial charge in [0.1, 0.15) is 0 Å². The highest BCUT2D eigenvalue weighted by Crippen LogP contribution is 2.28. The van der Waals surface area contributed by atoms with E-state index in [-0.39, 0.29) is 37.3 Å². The number of sulfonamides is 1. The third-order valence-electron chi connectivity index (χ3n) is 4.28. The molecule has 1 saturated heterocycles. The zero-order chi connectivity index (χ0) is 14.6. The minimum absolute atomic E-state index is 0. The van der Waals surface area contributed by atoms with Crippen molar-refractivity contribution in [2.45, 2.75) is 43.8 Å². The van der Waals surface area contributed by atoms with Gasteiger partial charge in [0, 0.05) is 32.1 Å². The van der Waals surface area contributed by atoms with Gasteiger partial charge >= 0.3 is 0 Å². The van der Waals surface area contributed by atoms with Crippen LogP contribution >= 0.6 is 12.4 Å². The van der Waals surface area contributed by atoms with Crippen molar-refractivity contribution in [1.29, 1.82) is 0 Å². The third-order valence-corrected chi connectivity index (χ3v) is 6.15. The monoisotopic (exact) mass is 339 g/mol. The second-order valence-corrected chi connectivity index (χ2v) is 7.80. The average Bonchev–Trinajstić information content (AvgIpc) is 2.99. The maximum atomic E-state index is 12.4. The predicted molar refractivity (Wildman–Crippen MR) is 84.8 cm³/mol. The molecule has 8 heteroatoms. The molecule has 0 bridgehead atoms. The summed E-state index contributed by atoms with van der Waals surface area (Å²) in [7, 11) is -3.36. The van der Waals surface area contributed by atoms with Crippen LogP contribution in [0.15, 0.2) is 0 Å². The molecule has 1 amide bonds. The topological polar surface area (TPSA) is 92.5 Å². The van der Waals surface area contributed by atoms with E-state index in [4.69, 9.17) is 5.73 Å². The Hall–Kier alpha value is -0.370. The lowest BCUT2D eigenvalue weighted by Crippen LogP contribution is -2.50. The molecule has 0 radical (unpaired) electrons. The third kappa shape index (κ3) is 4.81. The van der Waals surface area contributed by atoms with Crippen LogP contribution in [0.1, 0.15) is 38.5 Å². The summed E-state index contributed by atoms with van der Waals surface area (Å²) >= 11 is 0. The molecule has 1 aliphatic carbocycles. The van der Waals surface area contributed by atoms with Crippen LogP contribution in [-0.2, 0) is 14.8 Å². The van der Waals surface area contributed by atoms with Crippen LogP contribution in [0.25, 0.3) is 0 Å². The molecule has 0 aromatic heterocycles. The summed E-state index contributed by atoms with van der Waals surface area (Å²) in [6.07, 6.45) is 5.52. The molecule has 2 rings (SSSR count). The number of piperidine rings is 1. The Morgan fingerprint density at radius 3 is 2.48 bits per heavy atom. The molecule has 124 valence electrons. The molecule has 1 unspecified atom stereocenters. The summed E-state index contributed by atoms with van der Waals surface area (Å²) in [5, 5.41) is -0.492. The molecule has 1 aliphatic heterocycles. The number of rotatable bonds is 5. The number of hydrogen-bond donors (Lipinski definition) is 2. The number of carbonyl (C=O) groups is 1. The number of amides is 1. The molecular formula is C13H26ClN3O3S. The number of hydrogen-bond acceptors (Lipinski definition) is 4. The summed E-state index contributed by atoms with van der Waals surface area (Å²) in [4.78, 5) is 14.1. The van der Waals surface area contributed by atoms with Gasteiger partial charge in [0.25, 0.3) is 0 Å². The van der Waals surface area contributed by atoms with Crippen LogP contribution in [0.2, 0.25) is 0 Å². The molecule has 2 fully saturated rings. The lowest BCUT2D eigenvalue weighted by atomic mass is 10.0. The Labute approximate surface area is 133 Å². The van der Waals surface area contributed by atoms with Crippen molar-refractivity contribution >= 4 is 28.3 Å². The first-order valence-corrected chi connectivity index (χ1v) is 9.06. The lowest BCUT2D eigenvalue weighted by molar-refractivity contribution is -0.136. The van der Waals surface area contributed by atoms with Gasteiger partial charge < -0.3 is 10.6 Å². The molecule has 1 atom stereocenters. The highest BCUT2D eigenvalue weighted by Gasteiger charge is 2.35. The van der Waals surface area contributed by atoms with Crippen molar-refractivity contribution in [2.75, 3.05) is 26.2 Å².